The molecule has 0 aromatic rings. The van der Waals surface area contributed by atoms with E-state index in [1.54, 1.807) is 5.32 Å². The summed E-state index contributed by atoms with van der Waals surface area (Å²) >= 11 is 0. The molecule has 2 amide bonds. The monoisotopic (exact) mass is 281 g/mol. The van der Waals surface area contributed by atoms with E-state index in [4.69, 9.17) is 0 Å². The van der Waals surface area contributed by atoms with Crippen LogP contribution in [0.1, 0.15) is 19.3 Å². The fourth-order valence-corrected chi connectivity index (χ4v) is 1.88. The number of hydrogen-bond donors (Lipinski definition) is 2. The van der Waals surface area contributed by atoms with Crippen LogP contribution in [0.2, 0.25) is 0 Å². The van der Waals surface area contributed by atoms with Crippen molar-refractivity contribution in [1.82, 2.24) is 15.5 Å². The van der Waals surface area contributed by atoms with Gasteiger partial charge in [-0.05, 0) is 19.4 Å². The van der Waals surface area contributed by atoms with Crippen molar-refractivity contribution in [2.24, 2.45) is 0 Å². The van der Waals surface area contributed by atoms with Crippen molar-refractivity contribution in [3.63, 3.8) is 0 Å². The van der Waals surface area contributed by atoms with Crippen molar-refractivity contribution >= 4 is 11.8 Å². The lowest BCUT2D eigenvalue weighted by Crippen LogP contribution is -2.50. The maximum absolute atomic E-state index is 11.9. The van der Waals surface area contributed by atoms with Crippen LogP contribution in [0.5, 0.6) is 0 Å². The maximum atomic E-state index is 11.9. The van der Waals surface area contributed by atoms with E-state index in [-0.39, 0.29) is 18.5 Å². The Kier molecular flexibility index (Phi) is 5.59. The average Bonchev–Trinajstić information content (AvgIpc) is 2.35. The third kappa shape index (κ3) is 5.91. The van der Waals surface area contributed by atoms with Crippen LogP contribution in [0.3, 0.4) is 0 Å². The van der Waals surface area contributed by atoms with Gasteiger partial charge < -0.3 is 15.5 Å². The Hall–Kier alpha value is -1.31. The molecule has 0 unspecified atom stereocenters. The van der Waals surface area contributed by atoms with E-state index in [9.17, 15) is 22.8 Å². The predicted molar refractivity (Wildman–Crippen MR) is 62.3 cm³/mol. The van der Waals surface area contributed by atoms with Gasteiger partial charge in [0.1, 0.15) is 6.54 Å². The van der Waals surface area contributed by atoms with E-state index < -0.39 is 18.6 Å². The number of halogens is 3. The number of carbonyl (C=O) groups is 2. The van der Waals surface area contributed by atoms with Gasteiger partial charge in [-0.2, -0.15) is 13.2 Å². The van der Waals surface area contributed by atoms with Gasteiger partial charge in [0.05, 0.1) is 12.6 Å². The Morgan fingerprint density at radius 3 is 2.58 bits per heavy atom. The third-order valence-corrected chi connectivity index (χ3v) is 2.85. The summed E-state index contributed by atoms with van der Waals surface area (Å²) in [5, 5.41) is 4.76. The van der Waals surface area contributed by atoms with Crippen molar-refractivity contribution in [3.05, 3.63) is 0 Å². The Morgan fingerprint density at radius 1 is 1.37 bits per heavy atom. The number of rotatable bonds is 4. The first-order valence-electron chi connectivity index (χ1n) is 6.11. The van der Waals surface area contributed by atoms with Gasteiger partial charge in [0, 0.05) is 7.05 Å². The standard InChI is InChI=1S/C11H18F3N3O2/c1-17(6-9(18)16-7-11(12,13)14)10(19)8-4-2-3-5-15-8/h8,15H,2-7H2,1H3,(H,16,18)/t8-/m1/s1. The minimum atomic E-state index is -4.44. The van der Waals surface area contributed by atoms with Gasteiger partial charge in [-0.15, -0.1) is 0 Å². The van der Waals surface area contributed by atoms with Crippen molar-refractivity contribution in [1.29, 1.82) is 0 Å². The van der Waals surface area contributed by atoms with Gasteiger partial charge in [0.15, 0.2) is 0 Å². The van der Waals surface area contributed by atoms with E-state index in [1.807, 2.05) is 0 Å². The van der Waals surface area contributed by atoms with Crippen LogP contribution in [0.4, 0.5) is 13.2 Å². The highest BCUT2D eigenvalue weighted by atomic mass is 19.4. The number of likely N-dealkylation sites (N-methyl/N-ethyl adjacent to an activating group) is 1. The topological polar surface area (TPSA) is 61.4 Å². The Labute approximate surface area is 109 Å². The molecule has 0 bridgehead atoms. The van der Waals surface area contributed by atoms with Gasteiger partial charge in [0.2, 0.25) is 11.8 Å². The second-order valence-corrected chi connectivity index (χ2v) is 4.59. The molecule has 1 aliphatic heterocycles. The molecule has 5 nitrogen and oxygen atoms in total. The Morgan fingerprint density at radius 2 is 2.05 bits per heavy atom. The smallest absolute Gasteiger partial charge is 0.345 e. The van der Waals surface area contributed by atoms with Gasteiger partial charge >= 0.3 is 6.18 Å². The van der Waals surface area contributed by atoms with Gasteiger partial charge in [-0.1, -0.05) is 6.42 Å². The first kappa shape index (κ1) is 15.7. The van der Waals surface area contributed by atoms with Crippen molar-refractivity contribution in [2.45, 2.75) is 31.5 Å². The fraction of sp³-hybridized carbons (Fsp3) is 0.818. The highest BCUT2D eigenvalue weighted by molar-refractivity contribution is 5.87. The fourth-order valence-electron chi connectivity index (χ4n) is 1.88. The molecule has 19 heavy (non-hydrogen) atoms. The predicted octanol–water partition coefficient (Wildman–Crippen LogP) is 0.265. The molecule has 0 spiro atoms. The second-order valence-electron chi connectivity index (χ2n) is 4.59. The molecule has 110 valence electrons. The zero-order chi connectivity index (χ0) is 14.5. The number of carbonyl (C=O) groups excluding carboxylic acids is 2. The maximum Gasteiger partial charge on any atom is 0.405 e. The molecule has 1 rings (SSSR count). The van der Waals surface area contributed by atoms with Crippen LogP contribution in [-0.4, -0.2) is 55.6 Å². The van der Waals surface area contributed by atoms with E-state index in [0.717, 1.165) is 24.3 Å². The molecule has 0 radical (unpaired) electrons. The van der Waals surface area contributed by atoms with E-state index in [0.29, 0.717) is 6.42 Å². The zero-order valence-electron chi connectivity index (χ0n) is 10.7. The van der Waals surface area contributed by atoms with Crippen LogP contribution >= 0.6 is 0 Å². The SMILES string of the molecule is CN(CC(=O)NCC(F)(F)F)C(=O)[C@H]1CCCCN1. The summed E-state index contributed by atoms with van der Waals surface area (Å²) in [5.74, 6) is -1.08. The van der Waals surface area contributed by atoms with Crippen LogP contribution in [0, 0.1) is 0 Å². The Bertz CT molecular complexity index is 328. The lowest BCUT2D eigenvalue weighted by molar-refractivity contribution is -0.142. The molecule has 0 aromatic heterocycles. The first-order chi connectivity index (χ1) is 8.79. The molecule has 0 saturated carbocycles. The van der Waals surface area contributed by atoms with E-state index >= 15 is 0 Å². The van der Waals surface area contributed by atoms with Gasteiger partial charge in [0.25, 0.3) is 0 Å². The molecule has 1 fully saturated rings. The summed E-state index contributed by atoms with van der Waals surface area (Å²) < 4.78 is 35.7. The van der Waals surface area contributed by atoms with Crippen LogP contribution in [-0.2, 0) is 9.59 Å². The third-order valence-electron chi connectivity index (χ3n) is 2.85. The summed E-state index contributed by atoms with van der Waals surface area (Å²) in [4.78, 5) is 24.3. The molecule has 0 aromatic carbocycles. The molecule has 8 heteroatoms. The molecular formula is C11H18F3N3O2. The van der Waals surface area contributed by atoms with Gasteiger partial charge in [-0.25, -0.2) is 0 Å². The summed E-state index contributed by atoms with van der Waals surface area (Å²) in [6.07, 6.45) is -1.83. The number of alkyl halides is 3. The van der Waals surface area contributed by atoms with Crippen molar-refractivity contribution in [3.8, 4) is 0 Å². The first-order valence-corrected chi connectivity index (χ1v) is 6.11. The molecule has 1 heterocycles. The molecule has 1 saturated heterocycles. The van der Waals surface area contributed by atoms with Crippen LogP contribution < -0.4 is 10.6 Å². The lowest BCUT2D eigenvalue weighted by Gasteiger charge is -2.27. The molecule has 1 atom stereocenters. The number of nitrogens with zero attached hydrogens (tertiary/aromatic N) is 1. The summed E-state index contributed by atoms with van der Waals surface area (Å²) in [6.45, 7) is -1.01. The molecule has 0 aliphatic carbocycles. The largest absolute Gasteiger partial charge is 0.405 e. The number of nitrogens with one attached hydrogen (secondary N) is 2. The van der Waals surface area contributed by atoms with E-state index in [2.05, 4.69) is 5.32 Å². The molecule has 1 aliphatic rings. The Balaban J connectivity index is 2.34. The minimum Gasteiger partial charge on any atom is -0.345 e. The zero-order valence-corrected chi connectivity index (χ0v) is 10.7. The highest BCUT2D eigenvalue weighted by Crippen LogP contribution is 2.12. The summed E-state index contributed by atoms with van der Waals surface area (Å²) in [7, 11) is 1.41. The van der Waals surface area contributed by atoms with Crippen LogP contribution in [0.25, 0.3) is 0 Å². The molecular weight excluding hydrogens is 263 g/mol. The lowest BCUT2D eigenvalue weighted by atomic mass is 10.0. The van der Waals surface area contributed by atoms with Gasteiger partial charge in [-0.3, -0.25) is 9.59 Å². The van der Waals surface area contributed by atoms with Crippen LogP contribution in [0.15, 0.2) is 0 Å². The number of amides is 2. The van der Waals surface area contributed by atoms with E-state index in [1.165, 1.54) is 7.05 Å². The normalized spacial score (nSPS) is 19.9. The molecule has 2 N–H and O–H groups in total. The summed E-state index contributed by atoms with van der Waals surface area (Å²) in [6, 6.07) is -0.339. The number of hydrogen-bond acceptors (Lipinski definition) is 3. The minimum absolute atomic E-state index is 0.262. The average molecular weight is 281 g/mol. The van der Waals surface area contributed by atoms with Crippen molar-refractivity contribution < 1.29 is 22.8 Å². The number of piperidine rings is 1. The highest BCUT2D eigenvalue weighted by Gasteiger charge is 2.29. The quantitative estimate of drug-likeness (QED) is 0.777. The second kappa shape index (κ2) is 6.74. The van der Waals surface area contributed by atoms with Crippen molar-refractivity contribution in [2.75, 3.05) is 26.7 Å². The summed E-state index contributed by atoms with van der Waals surface area (Å²) in [5.41, 5.74) is 0.